The molecule has 1 aliphatic rings. The van der Waals surface area contributed by atoms with Crippen LogP contribution in [0.4, 0.5) is 0 Å². The molecule has 0 saturated heterocycles. The third kappa shape index (κ3) is 1.09. The standard InChI is InChI=1S/C8H9NO4/c1-4-7(10)6-5(2-9-4)3-13-8(6,11)12/h2,10-12H,3H2,1H3. The summed E-state index contributed by atoms with van der Waals surface area (Å²) in [5.41, 5.74) is 0.838. The average Bonchev–Trinajstić information content (AvgIpc) is 2.35. The maximum Gasteiger partial charge on any atom is 0.311 e. The van der Waals surface area contributed by atoms with E-state index in [2.05, 4.69) is 9.72 Å². The summed E-state index contributed by atoms with van der Waals surface area (Å²) in [6.07, 6.45) is 1.46. The van der Waals surface area contributed by atoms with Gasteiger partial charge in [0.1, 0.15) is 5.75 Å². The fourth-order valence-electron chi connectivity index (χ4n) is 1.36. The Morgan fingerprint density at radius 2 is 2.23 bits per heavy atom. The number of hydrogen-bond donors (Lipinski definition) is 3. The molecule has 3 N–H and O–H groups in total. The number of rotatable bonds is 0. The van der Waals surface area contributed by atoms with E-state index in [0.29, 0.717) is 11.3 Å². The van der Waals surface area contributed by atoms with Crippen molar-refractivity contribution in [1.29, 1.82) is 0 Å². The molecule has 2 heterocycles. The first-order valence-corrected chi connectivity index (χ1v) is 3.79. The van der Waals surface area contributed by atoms with Gasteiger partial charge in [0.2, 0.25) is 0 Å². The van der Waals surface area contributed by atoms with Gasteiger partial charge in [0, 0.05) is 11.8 Å². The van der Waals surface area contributed by atoms with Crippen molar-refractivity contribution in [3.05, 3.63) is 23.0 Å². The summed E-state index contributed by atoms with van der Waals surface area (Å²) < 4.78 is 4.66. The van der Waals surface area contributed by atoms with Crippen molar-refractivity contribution in [3.63, 3.8) is 0 Å². The summed E-state index contributed by atoms with van der Waals surface area (Å²) in [5.74, 6) is -2.60. The molecule has 1 aliphatic heterocycles. The van der Waals surface area contributed by atoms with Crippen LogP contribution in [-0.4, -0.2) is 20.3 Å². The lowest BCUT2D eigenvalue weighted by Gasteiger charge is -2.15. The second-order valence-electron chi connectivity index (χ2n) is 2.99. The Kier molecular flexibility index (Phi) is 1.56. The molecular formula is C8H9NO4. The normalized spacial score (nSPS) is 18.7. The molecule has 1 aromatic heterocycles. The third-order valence-corrected chi connectivity index (χ3v) is 2.07. The zero-order chi connectivity index (χ0) is 9.64. The maximum absolute atomic E-state index is 9.49. The van der Waals surface area contributed by atoms with Crippen LogP contribution in [0.25, 0.3) is 0 Å². The average molecular weight is 183 g/mol. The largest absolute Gasteiger partial charge is 0.505 e. The van der Waals surface area contributed by atoms with Crippen molar-refractivity contribution < 1.29 is 20.1 Å². The highest BCUT2D eigenvalue weighted by molar-refractivity contribution is 5.44. The number of ether oxygens (including phenoxy) is 1. The van der Waals surface area contributed by atoms with Gasteiger partial charge in [-0.1, -0.05) is 0 Å². The number of fused-ring (bicyclic) bond motifs is 1. The van der Waals surface area contributed by atoms with Crippen LogP contribution in [0, 0.1) is 6.92 Å². The summed E-state index contributed by atoms with van der Waals surface area (Å²) in [6.45, 7) is 1.62. The minimum atomic E-state index is -2.38. The molecule has 0 aromatic carbocycles. The van der Waals surface area contributed by atoms with Crippen molar-refractivity contribution in [1.82, 2.24) is 4.98 Å². The molecule has 0 radical (unpaired) electrons. The van der Waals surface area contributed by atoms with E-state index in [9.17, 15) is 15.3 Å². The molecule has 0 spiro atoms. The molecule has 0 saturated carbocycles. The molecule has 1 aromatic rings. The first-order valence-electron chi connectivity index (χ1n) is 3.79. The van der Waals surface area contributed by atoms with Gasteiger partial charge in [-0.2, -0.15) is 0 Å². The van der Waals surface area contributed by atoms with Gasteiger partial charge < -0.3 is 20.1 Å². The van der Waals surface area contributed by atoms with Crippen LogP contribution >= 0.6 is 0 Å². The molecule has 0 aliphatic carbocycles. The number of aromatic hydroxyl groups is 1. The van der Waals surface area contributed by atoms with E-state index in [1.165, 1.54) is 6.20 Å². The predicted molar refractivity (Wildman–Crippen MR) is 41.5 cm³/mol. The highest BCUT2D eigenvalue weighted by Crippen LogP contribution is 2.38. The highest BCUT2D eigenvalue weighted by Gasteiger charge is 2.39. The van der Waals surface area contributed by atoms with E-state index in [0.717, 1.165) is 0 Å². The Labute approximate surface area is 74.2 Å². The molecule has 2 rings (SSSR count). The third-order valence-electron chi connectivity index (χ3n) is 2.07. The van der Waals surface area contributed by atoms with Crippen molar-refractivity contribution in [2.24, 2.45) is 0 Å². The number of pyridine rings is 1. The monoisotopic (exact) mass is 183 g/mol. The summed E-state index contributed by atoms with van der Waals surface area (Å²) >= 11 is 0. The quantitative estimate of drug-likeness (QED) is 0.482. The molecule has 0 unspecified atom stereocenters. The van der Waals surface area contributed by atoms with Gasteiger partial charge in [-0.3, -0.25) is 4.98 Å². The van der Waals surface area contributed by atoms with E-state index < -0.39 is 5.97 Å². The van der Waals surface area contributed by atoms with E-state index in [-0.39, 0.29) is 17.9 Å². The number of aromatic nitrogens is 1. The van der Waals surface area contributed by atoms with Crippen LogP contribution in [0.1, 0.15) is 16.8 Å². The zero-order valence-electron chi connectivity index (χ0n) is 6.98. The lowest BCUT2D eigenvalue weighted by atomic mass is 10.1. The number of nitrogens with zero attached hydrogens (tertiary/aromatic N) is 1. The van der Waals surface area contributed by atoms with Crippen LogP contribution in [0.2, 0.25) is 0 Å². The van der Waals surface area contributed by atoms with Gasteiger partial charge >= 0.3 is 5.97 Å². The Morgan fingerprint density at radius 3 is 2.92 bits per heavy atom. The number of aryl methyl sites for hydroxylation is 1. The summed E-state index contributed by atoms with van der Waals surface area (Å²) in [4.78, 5) is 3.86. The predicted octanol–water partition coefficient (Wildman–Crippen LogP) is -0.279. The van der Waals surface area contributed by atoms with Gasteiger partial charge in [-0.15, -0.1) is 0 Å². The summed E-state index contributed by atoms with van der Waals surface area (Å²) in [5, 5.41) is 28.1. The number of aliphatic hydroxyl groups is 2. The van der Waals surface area contributed by atoms with Gasteiger partial charge in [0.25, 0.3) is 0 Å². The highest BCUT2D eigenvalue weighted by atomic mass is 16.8. The van der Waals surface area contributed by atoms with Crippen LogP contribution < -0.4 is 0 Å². The van der Waals surface area contributed by atoms with E-state index in [1.54, 1.807) is 6.92 Å². The van der Waals surface area contributed by atoms with E-state index >= 15 is 0 Å². The molecule has 5 heteroatoms. The summed E-state index contributed by atoms with van der Waals surface area (Å²) in [7, 11) is 0. The smallest absolute Gasteiger partial charge is 0.311 e. The minimum absolute atomic E-state index is 0.000000000000000444. The fraction of sp³-hybridized carbons (Fsp3) is 0.375. The van der Waals surface area contributed by atoms with E-state index in [1.807, 2.05) is 0 Å². The molecule has 13 heavy (non-hydrogen) atoms. The van der Waals surface area contributed by atoms with Crippen LogP contribution in [0.15, 0.2) is 6.20 Å². The zero-order valence-corrected chi connectivity index (χ0v) is 6.98. The molecule has 5 nitrogen and oxygen atoms in total. The Balaban J connectivity index is 2.68. The summed E-state index contributed by atoms with van der Waals surface area (Å²) in [6, 6.07) is 0. The molecule has 70 valence electrons. The lowest BCUT2D eigenvalue weighted by molar-refractivity contribution is -0.343. The van der Waals surface area contributed by atoms with Crippen LogP contribution in [-0.2, 0) is 17.3 Å². The van der Waals surface area contributed by atoms with E-state index in [4.69, 9.17) is 0 Å². The van der Waals surface area contributed by atoms with Gasteiger partial charge in [0.15, 0.2) is 0 Å². The molecular weight excluding hydrogens is 174 g/mol. The van der Waals surface area contributed by atoms with Crippen molar-refractivity contribution >= 4 is 0 Å². The van der Waals surface area contributed by atoms with Crippen molar-refractivity contribution in [2.75, 3.05) is 0 Å². The van der Waals surface area contributed by atoms with Crippen molar-refractivity contribution in [2.45, 2.75) is 19.5 Å². The lowest BCUT2D eigenvalue weighted by Crippen LogP contribution is -2.23. The molecule has 0 atom stereocenters. The second kappa shape index (κ2) is 2.41. The Morgan fingerprint density at radius 1 is 1.54 bits per heavy atom. The first kappa shape index (κ1) is 8.43. The SMILES string of the molecule is Cc1ncc2c(c1O)C(O)(O)OC2. The Hall–Kier alpha value is -1.17. The topological polar surface area (TPSA) is 82.8 Å². The van der Waals surface area contributed by atoms with Crippen molar-refractivity contribution in [3.8, 4) is 5.75 Å². The maximum atomic E-state index is 9.49. The Bertz CT molecular complexity index is 361. The van der Waals surface area contributed by atoms with Crippen LogP contribution in [0.5, 0.6) is 5.75 Å². The minimum Gasteiger partial charge on any atom is -0.505 e. The number of hydrogen-bond acceptors (Lipinski definition) is 5. The molecule has 0 fully saturated rings. The van der Waals surface area contributed by atoms with Gasteiger partial charge in [-0.25, -0.2) is 0 Å². The van der Waals surface area contributed by atoms with Crippen LogP contribution in [0.3, 0.4) is 0 Å². The molecule has 0 bridgehead atoms. The first-order chi connectivity index (χ1) is 6.02. The molecule has 0 amide bonds. The van der Waals surface area contributed by atoms with Gasteiger partial charge in [-0.05, 0) is 6.92 Å². The van der Waals surface area contributed by atoms with Gasteiger partial charge in [0.05, 0.1) is 17.9 Å². The fourth-order valence-corrected chi connectivity index (χ4v) is 1.36. The second-order valence-corrected chi connectivity index (χ2v) is 2.99.